The molecule has 0 fully saturated rings. The fourth-order valence-electron chi connectivity index (χ4n) is 1.76. The maximum atomic E-state index is 11.7. The van der Waals surface area contributed by atoms with Crippen LogP contribution in [0.5, 0.6) is 11.6 Å². The third-order valence-corrected chi connectivity index (χ3v) is 2.78. The van der Waals surface area contributed by atoms with Gasteiger partial charge in [0.25, 0.3) is 5.56 Å². The first-order chi connectivity index (χ1) is 9.61. The second-order valence-corrected chi connectivity index (χ2v) is 4.33. The first-order valence-corrected chi connectivity index (χ1v) is 6.40. The molecule has 106 valence electrons. The summed E-state index contributed by atoms with van der Waals surface area (Å²) in [5.41, 5.74) is -0.871. The Balaban J connectivity index is 2.27. The van der Waals surface area contributed by atoms with Gasteiger partial charge in [-0.2, -0.15) is 0 Å². The van der Waals surface area contributed by atoms with Crippen LogP contribution in [0.3, 0.4) is 0 Å². The first kappa shape index (κ1) is 13.9. The summed E-state index contributed by atoms with van der Waals surface area (Å²) in [5.74, 6) is 0.289. The van der Waals surface area contributed by atoms with Crippen molar-refractivity contribution in [2.45, 2.75) is 19.8 Å². The van der Waals surface area contributed by atoms with Crippen molar-refractivity contribution in [1.82, 2.24) is 9.55 Å². The smallest absolute Gasteiger partial charge is 0.335 e. The maximum absolute atomic E-state index is 11.7. The van der Waals surface area contributed by atoms with E-state index in [0.717, 1.165) is 23.5 Å². The third-order valence-electron chi connectivity index (χ3n) is 2.78. The van der Waals surface area contributed by atoms with Gasteiger partial charge in [0.2, 0.25) is 5.88 Å². The van der Waals surface area contributed by atoms with Crippen molar-refractivity contribution < 1.29 is 9.84 Å². The molecule has 0 spiro atoms. The number of nitrogens with one attached hydrogen (secondary N) is 1. The number of aromatic hydroxyl groups is 1. The SMILES string of the molecule is CCCCOc1ccc(-n2c(O)cc(=O)[nH]c2=O)cc1. The summed E-state index contributed by atoms with van der Waals surface area (Å²) in [6.07, 6.45) is 2.03. The maximum Gasteiger partial charge on any atom is 0.335 e. The van der Waals surface area contributed by atoms with E-state index in [1.807, 2.05) is 0 Å². The Morgan fingerprint density at radius 2 is 1.95 bits per heavy atom. The average molecular weight is 276 g/mol. The number of hydrogen-bond acceptors (Lipinski definition) is 4. The molecule has 0 aliphatic carbocycles. The van der Waals surface area contributed by atoms with Gasteiger partial charge in [0, 0.05) is 0 Å². The fourth-order valence-corrected chi connectivity index (χ4v) is 1.76. The number of benzene rings is 1. The van der Waals surface area contributed by atoms with Gasteiger partial charge in [0.1, 0.15) is 5.75 Å². The first-order valence-electron chi connectivity index (χ1n) is 6.40. The number of ether oxygens (including phenoxy) is 1. The molecule has 2 aromatic rings. The van der Waals surface area contributed by atoms with Crippen molar-refractivity contribution in [1.29, 1.82) is 0 Å². The lowest BCUT2D eigenvalue weighted by Gasteiger charge is -2.09. The summed E-state index contributed by atoms with van der Waals surface area (Å²) in [6.45, 7) is 2.72. The quantitative estimate of drug-likeness (QED) is 0.809. The highest BCUT2D eigenvalue weighted by Gasteiger charge is 2.07. The number of hydrogen-bond donors (Lipinski definition) is 2. The highest BCUT2D eigenvalue weighted by atomic mass is 16.5. The second kappa shape index (κ2) is 6.10. The van der Waals surface area contributed by atoms with E-state index in [1.54, 1.807) is 24.3 Å². The number of rotatable bonds is 5. The molecule has 0 aliphatic rings. The molecule has 20 heavy (non-hydrogen) atoms. The molecule has 1 aromatic carbocycles. The molecule has 2 rings (SSSR count). The van der Waals surface area contributed by atoms with Gasteiger partial charge in [-0.3, -0.25) is 9.78 Å². The summed E-state index contributed by atoms with van der Waals surface area (Å²) in [6, 6.07) is 7.65. The van der Waals surface area contributed by atoms with Crippen LogP contribution in [0.1, 0.15) is 19.8 Å². The van der Waals surface area contributed by atoms with Crippen LogP contribution >= 0.6 is 0 Å². The zero-order valence-corrected chi connectivity index (χ0v) is 11.1. The van der Waals surface area contributed by atoms with Crippen LogP contribution in [-0.4, -0.2) is 21.3 Å². The monoisotopic (exact) mass is 276 g/mol. The average Bonchev–Trinajstić information content (AvgIpc) is 2.39. The van der Waals surface area contributed by atoms with Crippen LogP contribution < -0.4 is 16.0 Å². The molecule has 0 aliphatic heterocycles. The van der Waals surface area contributed by atoms with E-state index in [-0.39, 0.29) is 0 Å². The van der Waals surface area contributed by atoms with E-state index in [1.165, 1.54) is 0 Å². The number of H-pyrrole nitrogens is 1. The van der Waals surface area contributed by atoms with Gasteiger partial charge >= 0.3 is 5.69 Å². The van der Waals surface area contributed by atoms with E-state index in [0.29, 0.717) is 18.0 Å². The molecule has 0 saturated carbocycles. The lowest BCUT2D eigenvalue weighted by molar-refractivity contribution is 0.309. The minimum atomic E-state index is -0.686. The van der Waals surface area contributed by atoms with Crippen molar-refractivity contribution in [3.63, 3.8) is 0 Å². The van der Waals surface area contributed by atoms with Gasteiger partial charge in [-0.05, 0) is 30.7 Å². The standard InChI is InChI=1S/C14H16N2O4/c1-2-3-8-20-11-6-4-10(5-7-11)16-13(18)9-12(17)15-14(16)19/h4-7,9,18H,2-3,8H2,1H3,(H,15,17,19). The Hall–Kier alpha value is -2.50. The predicted molar refractivity (Wildman–Crippen MR) is 74.7 cm³/mol. The number of aromatic amines is 1. The van der Waals surface area contributed by atoms with E-state index >= 15 is 0 Å². The molecule has 6 heteroatoms. The van der Waals surface area contributed by atoms with Gasteiger partial charge in [0.15, 0.2) is 0 Å². The third kappa shape index (κ3) is 3.09. The van der Waals surface area contributed by atoms with E-state index in [2.05, 4.69) is 11.9 Å². The zero-order chi connectivity index (χ0) is 14.5. The summed E-state index contributed by atoms with van der Waals surface area (Å²) >= 11 is 0. The summed E-state index contributed by atoms with van der Waals surface area (Å²) < 4.78 is 6.52. The molecule has 1 aromatic heterocycles. The lowest BCUT2D eigenvalue weighted by Crippen LogP contribution is -2.27. The van der Waals surface area contributed by atoms with Gasteiger partial charge in [0.05, 0.1) is 18.4 Å². The zero-order valence-electron chi connectivity index (χ0n) is 11.1. The van der Waals surface area contributed by atoms with E-state index in [9.17, 15) is 14.7 Å². The van der Waals surface area contributed by atoms with Gasteiger partial charge in [-0.15, -0.1) is 0 Å². The molecule has 2 N–H and O–H groups in total. The van der Waals surface area contributed by atoms with Crippen LogP contribution in [0.4, 0.5) is 0 Å². The molecule has 0 radical (unpaired) electrons. The molecule has 0 bridgehead atoms. The fraction of sp³-hybridized carbons (Fsp3) is 0.286. The van der Waals surface area contributed by atoms with Gasteiger partial charge in [-0.25, -0.2) is 9.36 Å². The van der Waals surface area contributed by atoms with Crippen molar-refractivity contribution >= 4 is 0 Å². The van der Waals surface area contributed by atoms with Crippen LogP contribution in [0.15, 0.2) is 39.9 Å². The minimum absolute atomic E-state index is 0.404. The van der Waals surface area contributed by atoms with Crippen LogP contribution in [0.25, 0.3) is 5.69 Å². The molecule has 1 heterocycles. The van der Waals surface area contributed by atoms with Crippen molar-refractivity contribution in [3.05, 3.63) is 51.2 Å². The van der Waals surface area contributed by atoms with Gasteiger partial charge < -0.3 is 9.84 Å². The van der Waals surface area contributed by atoms with Gasteiger partial charge in [-0.1, -0.05) is 13.3 Å². The van der Waals surface area contributed by atoms with E-state index in [4.69, 9.17) is 4.74 Å². The normalized spacial score (nSPS) is 10.4. The van der Waals surface area contributed by atoms with Crippen molar-refractivity contribution in [3.8, 4) is 17.3 Å². The molecule has 0 saturated heterocycles. The van der Waals surface area contributed by atoms with Crippen LogP contribution in [-0.2, 0) is 0 Å². The lowest BCUT2D eigenvalue weighted by atomic mass is 10.3. The highest BCUT2D eigenvalue weighted by molar-refractivity contribution is 5.39. The number of aromatic nitrogens is 2. The number of nitrogens with zero attached hydrogens (tertiary/aromatic N) is 1. The Bertz CT molecular complexity index is 686. The van der Waals surface area contributed by atoms with E-state index < -0.39 is 17.1 Å². The Morgan fingerprint density at radius 3 is 2.55 bits per heavy atom. The number of unbranched alkanes of at least 4 members (excludes halogenated alkanes) is 1. The van der Waals surface area contributed by atoms with Crippen LogP contribution in [0, 0.1) is 0 Å². The molecule has 0 amide bonds. The topological polar surface area (TPSA) is 84.3 Å². The predicted octanol–water partition coefficient (Wildman–Crippen LogP) is 1.41. The van der Waals surface area contributed by atoms with Crippen LogP contribution in [0.2, 0.25) is 0 Å². The van der Waals surface area contributed by atoms with Crippen molar-refractivity contribution in [2.75, 3.05) is 6.61 Å². The molecular formula is C14H16N2O4. The molecule has 6 nitrogen and oxygen atoms in total. The second-order valence-electron chi connectivity index (χ2n) is 4.33. The largest absolute Gasteiger partial charge is 0.494 e. The van der Waals surface area contributed by atoms with Crippen molar-refractivity contribution in [2.24, 2.45) is 0 Å². The summed E-state index contributed by atoms with van der Waals surface area (Å²) in [7, 11) is 0. The molecular weight excluding hydrogens is 260 g/mol. The Morgan fingerprint density at radius 1 is 1.25 bits per heavy atom. The summed E-state index contributed by atoms with van der Waals surface area (Å²) in [4.78, 5) is 24.8. The molecule has 0 unspecified atom stereocenters. The molecule has 0 atom stereocenters. The minimum Gasteiger partial charge on any atom is -0.494 e. The Labute approximate surface area is 115 Å². The Kier molecular flexibility index (Phi) is 4.24. The summed E-state index contributed by atoms with van der Waals surface area (Å²) in [5, 5.41) is 9.68. The highest BCUT2D eigenvalue weighted by Crippen LogP contribution is 2.17.